The van der Waals surface area contributed by atoms with E-state index in [-0.39, 0.29) is 0 Å². The van der Waals surface area contributed by atoms with Gasteiger partial charge in [-0.3, -0.25) is 4.57 Å². The first-order valence-electron chi connectivity index (χ1n) is 16.7. The third kappa shape index (κ3) is 4.44. The summed E-state index contributed by atoms with van der Waals surface area (Å²) in [5.74, 6) is 0.822. The number of nitrogens with zero attached hydrogens (tertiary/aromatic N) is 3. The zero-order valence-corrected chi connectivity index (χ0v) is 26.6. The zero-order valence-electron chi connectivity index (χ0n) is 26.6. The molecule has 2 aromatic heterocycles. The molecule has 2 heterocycles. The van der Waals surface area contributed by atoms with Crippen LogP contribution in [0.2, 0.25) is 0 Å². The molecule has 10 rings (SSSR count). The van der Waals surface area contributed by atoms with Crippen LogP contribution in [0.4, 0.5) is 0 Å². The summed E-state index contributed by atoms with van der Waals surface area (Å²) in [6, 6.07) is 62.5. The van der Waals surface area contributed by atoms with E-state index in [9.17, 15) is 0 Å². The maximum Gasteiger partial charge on any atom is 0.165 e. The Labute approximate surface area is 283 Å². The highest BCUT2D eigenvalue weighted by molar-refractivity contribution is 6.28. The van der Waals surface area contributed by atoms with Crippen LogP contribution in [0.3, 0.4) is 0 Å². The first kappa shape index (κ1) is 27.5. The summed E-state index contributed by atoms with van der Waals surface area (Å²) >= 11 is 0. The van der Waals surface area contributed by atoms with Crippen LogP contribution in [0.5, 0.6) is 0 Å². The summed E-state index contributed by atoms with van der Waals surface area (Å²) in [6.07, 6.45) is 0. The quantitative estimate of drug-likeness (QED) is 0.195. The number of para-hydroxylation sites is 2. The van der Waals surface area contributed by atoms with Gasteiger partial charge < -0.3 is 0 Å². The van der Waals surface area contributed by atoms with Crippen molar-refractivity contribution < 1.29 is 0 Å². The third-order valence-corrected chi connectivity index (χ3v) is 9.77. The van der Waals surface area contributed by atoms with Crippen molar-refractivity contribution in [3.05, 3.63) is 176 Å². The van der Waals surface area contributed by atoms with Crippen molar-refractivity contribution in [2.75, 3.05) is 0 Å². The van der Waals surface area contributed by atoms with Crippen molar-refractivity contribution >= 4 is 54.4 Å². The fraction of sp³-hybridized carbons (Fsp3) is 0. The molecule has 0 fully saturated rings. The van der Waals surface area contributed by atoms with E-state index < -0.39 is 0 Å². The van der Waals surface area contributed by atoms with E-state index in [4.69, 9.17) is 9.97 Å². The molecule has 0 bridgehead atoms. The molecule has 0 radical (unpaired) electrons. The summed E-state index contributed by atoms with van der Waals surface area (Å²) < 4.78 is 2.33. The van der Waals surface area contributed by atoms with Gasteiger partial charge in [0.15, 0.2) is 5.82 Å². The maximum absolute atomic E-state index is 5.38. The van der Waals surface area contributed by atoms with E-state index in [1.165, 1.54) is 49.0 Å². The smallest absolute Gasteiger partial charge is 0.165 e. The molecule has 0 saturated heterocycles. The van der Waals surface area contributed by atoms with E-state index in [0.29, 0.717) is 0 Å². The molecule has 0 spiro atoms. The second kappa shape index (κ2) is 11.0. The molecule has 49 heavy (non-hydrogen) atoms. The van der Waals surface area contributed by atoms with Gasteiger partial charge in [0.2, 0.25) is 0 Å². The molecule has 3 heteroatoms. The molecule has 0 atom stereocenters. The van der Waals surface area contributed by atoms with Gasteiger partial charge in [0.1, 0.15) is 5.69 Å². The number of hydrogen-bond acceptors (Lipinski definition) is 2. The Balaban J connectivity index is 1.22. The molecule has 0 unspecified atom stereocenters. The van der Waals surface area contributed by atoms with Crippen molar-refractivity contribution in [2.45, 2.75) is 0 Å². The van der Waals surface area contributed by atoms with Crippen LogP contribution in [-0.2, 0) is 0 Å². The summed E-state index contributed by atoms with van der Waals surface area (Å²) in [7, 11) is 0. The third-order valence-electron chi connectivity index (χ3n) is 9.77. The average Bonchev–Trinajstić information content (AvgIpc) is 3.53. The second-order valence-electron chi connectivity index (χ2n) is 12.6. The fourth-order valence-corrected chi connectivity index (χ4v) is 7.45. The zero-order chi connectivity index (χ0) is 32.3. The highest BCUT2D eigenvalue weighted by Crippen LogP contribution is 2.42. The topological polar surface area (TPSA) is 30.7 Å². The Kier molecular flexibility index (Phi) is 6.18. The monoisotopic (exact) mass is 623 g/mol. The molecule has 0 aliphatic carbocycles. The molecule has 0 saturated carbocycles. The average molecular weight is 624 g/mol. The molecule has 228 valence electrons. The van der Waals surface area contributed by atoms with Crippen LogP contribution in [0.25, 0.3) is 93.7 Å². The minimum Gasteiger partial charge on any atom is -0.292 e. The van der Waals surface area contributed by atoms with Crippen LogP contribution in [0.15, 0.2) is 176 Å². The number of fused-ring (bicyclic) bond motifs is 8. The van der Waals surface area contributed by atoms with Crippen molar-refractivity contribution in [1.29, 1.82) is 0 Å². The lowest BCUT2D eigenvalue weighted by molar-refractivity contribution is 1.08. The van der Waals surface area contributed by atoms with Crippen LogP contribution in [0, 0.1) is 0 Å². The van der Waals surface area contributed by atoms with Gasteiger partial charge in [0.05, 0.1) is 22.1 Å². The number of hydrogen-bond donors (Lipinski definition) is 0. The van der Waals surface area contributed by atoms with Gasteiger partial charge in [-0.1, -0.05) is 146 Å². The van der Waals surface area contributed by atoms with Gasteiger partial charge in [0, 0.05) is 16.3 Å². The Morgan fingerprint density at radius 2 is 0.837 bits per heavy atom. The predicted molar refractivity (Wildman–Crippen MR) is 205 cm³/mol. The van der Waals surface area contributed by atoms with Gasteiger partial charge >= 0.3 is 0 Å². The number of aromatic nitrogens is 3. The predicted octanol–water partition coefficient (Wildman–Crippen LogP) is 12.0. The molecule has 0 amide bonds. The number of benzene rings is 8. The van der Waals surface area contributed by atoms with Gasteiger partial charge in [-0.2, -0.15) is 0 Å². The fourth-order valence-electron chi connectivity index (χ4n) is 7.45. The van der Waals surface area contributed by atoms with Crippen molar-refractivity contribution in [3.63, 3.8) is 0 Å². The van der Waals surface area contributed by atoms with E-state index in [1.807, 2.05) is 18.2 Å². The minimum absolute atomic E-state index is 0.822. The van der Waals surface area contributed by atoms with E-state index >= 15 is 0 Å². The Morgan fingerprint density at radius 1 is 0.347 bits per heavy atom. The first-order valence-corrected chi connectivity index (χ1v) is 16.7. The van der Waals surface area contributed by atoms with Crippen molar-refractivity contribution in [3.8, 4) is 39.3 Å². The van der Waals surface area contributed by atoms with Crippen LogP contribution in [-0.4, -0.2) is 14.5 Å². The Hall–Kier alpha value is -6.58. The normalized spacial score (nSPS) is 11.7. The summed E-state index contributed by atoms with van der Waals surface area (Å²) in [4.78, 5) is 10.7. The number of rotatable bonds is 4. The van der Waals surface area contributed by atoms with Gasteiger partial charge in [-0.05, 0) is 74.1 Å². The lowest BCUT2D eigenvalue weighted by atomic mass is 9.98. The molecule has 0 aliphatic rings. The molecule has 0 aliphatic heterocycles. The first-order chi connectivity index (χ1) is 24.3. The minimum atomic E-state index is 0.822. The van der Waals surface area contributed by atoms with Crippen LogP contribution < -0.4 is 0 Å². The van der Waals surface area contributed by atoms with Crippen LogP contribution >= 0.6 is 0 Å². The summed E-state index contributed by atoms with van der Waals surface area (Å²) in [5.41, 5.74) is 10.6. The summed E-state index contributed by atoms with van der Waals surface area (Å²) in [5, 5.41) is 7.38. The molecular formula is C46H29N3. The maximum atomic E-state index is 5.38. The van der Waals surface area contributed by atoms with E-state index in [2.05, 4.69) is 162 Å². The van der Waals surface area contributed by atoms with E-state index in [1.54, 1.807) is 0 Å². The molecule has 0 N–H and O–H groups in total. The summed E-state index contributed by atoms with van der Waals surface area (Å²) in [6.45, 7) is 0. The lowest BCUT2D eigenvalue weighted by Crippen LogP contribution is -2.03. The second-order valence-corrected chi connectivity index (χ2v) is 12.6. The van der Waals surface area contributed by atoms with Crippen molar-refractivity contribution in [2.24, 2.45) is 0 Å². The lowest BCUT2D eigenvalue weighted by Gasteiger charge is -2.14. The molecule has 10 aromatic rings. The van der Waals surface area contributed by atoms with Crippen LogP contribution in [0.1, 0.15) is 0 Å². The largest absolute Gasteiger partial charge is 0.292 e. The standard InChI is InChI=1S/C46H29N3/c1-2-11-30(12-3-1)35-15-10-16-36(29-35)31-21-23-34(24-22-31)45-46(48-40-20-9-8-19-39(40)47-45)49-41-27-25-32-13-4-6-17-37(32)43(41)44-38-18-7-5-14-33(38)26-28-42(44)49/h1-29H. The molecule has 8 aromatic carbocycles. The molecule has 3 nitrogen and oxygen atoms in total. The van der Waals surface area contributed by atoms with Gasteiger partial charge in [-0.25, -0.2) is 9.97 Å². The SMILES string of the molecule is c1ccc(-c2cccc(-c3ccc(-c4nc5ccccc5nc4-n4c5ccc6ccccc6c5c5c6ccccc6ccc54)cc3)c2)cc1. The highest BCUT2D eigenvalue weighted by atomic mass is 15.1. The van der Waals surface area contributed by atoms with E-state index in [0.717, 1.165) is 44.7 Å². The van der Waals surface area contributed by atoms with Gasteiger partial charge in [0.25, 0.3) is 0 Å². The Morgan fingerprint density at radius 3 is 1.47 bits per heavy atom. The van der Waals surface area contributed by atoms with Crippen molar-refractivity contribution in [1.82, 2.24) is 14.5 Å². The Bertz CT molecular complexity index is 2770. The van der Waals surface area contributed by atoms with Gasteiger partial charge in [-0.15, -0.1) is 0 Å². The molecular weight excluding hydrogens is 595 g/mol. The highest BCUT2D eigenvalue weighted by Gasteiger charge is 2.21.